The molecule has 174 valence electrons. The van der Waals surface area contributed by atoms with Gasteiger partial charge in [0.15, 0.2) is 5.54 Å². The summed E-state index contributed by atoms with van der Waals surface area (Å²) in [6.07, 6.45) is 3.79. The molecule has 0 spiro atoms. The lowest BCUT2D eigenvalue weighted by molar-refractivity contribution is -0.130. The Morgan fingerprint density at radius 3 is 1.97 bits per heavy atom. The van der Waals surface area contributed by atoms with E-state index in [1.807, 2.05) is 78.9 Å². The Labute approximate surface area is 206 Å². The van der Waals surface area contributed by atoms with Crippen molar-refractivity contribution in [2.75, 3.05) is 13.1 Å². The van der Waals surface area contributed by atoms with Crippen molar-refractivity contribution in [2.45, 2.75) is 24.4 Å². The first-order chi connectivity index (χ1) is 16.2. The zero-order valence-electron chi connectivity index (χ0n) is 18.8. The van der Waals surface area contributed by atoms with Crippen molar-refractivity contribution in [3.05, 3.63) is 114 Å². The molecule has 3 amide bonds. The smallest absolute Gasteiger partial charge is 0.315 e. The summed E-state index contributed by atoms with van der Waals surface area (Å²) in [6, 6.07) is 29.2. The van der Waals surface area contributed by atoms with E-state index < -0.39 is 5.54 Å². The quantitative estimate of drug-likeness (QED) is 0.508. The molecule has 0 radical (unpaired) electrons. The van der Waals surface area contributed by atoms with E-state index in [9.17, 15) is 9.59 Å². The Morgan fingerprint density at radius 1 is 0.824 bits per heavy atom. The first kappa shape index (κ1) is 23.7. The zero-order valence-corrected chi connectivity index (χ0v) is 19.6. The minimum atomic E-state index is -1.20. The SMILES string of the molecule is Cl.O=C1NC(c2ccccc2)(c2ccccc2)C(=O)N1CCC1CC(c2ccccc2)=CCN1. The van der Waals surface area contributed by atoms with Crippen LogP contribution >= 0.6 is 12.4 Å². The Hall–Kier alpha value is -3.41. The molecule has 1 atom stereocenters. The second-order valence-electron chi connectivity index (χ2n) is 8.56. The summed E-state index contributed by atoms with van der Waals surface area (Å²) in [4.78, 5) is 28.3. The number of halogens is 1. The van der Waals surface area contributed by atoms with Gasteiger partial charge in [-0.25, -0.2) is 4.79 Å². The van der Waals surface area contributed by atoms with Crippen LogP contribution in [0.2, 0.25) is 0 Å². The molecule has 0 bridgehead atoms. The lowest BCUT2D eigenvalue weighted by Crippen LogP contribution is -2.45. The van der Waals surface area contributed by atoms with E-state index in [1.54, 1.807) is 0 Å². The number of rotatable bonds is 6. The van der Waals surface area contributed by atoms with Crippen LogP contribution < -0.4 is 10.6 Å². The number of hydrogen-bond acceptors (Lipinski definition) is 3. The largest absolute Gasteiger partial charge is 0.325 e. The predicted molar refractivity (Wildman–Crippen MR) is 137 cm³/mol. The molecule has 5 rings (SSSR count). The van der Waals surface area contributed by atoms with Crippen molar-refractivity contribution in [2.24, 2.45) is 0 Å². The van der Waals surface area contributed by atoms with Gasteiger partial charge in [0, 0.05) is 19.1 Å². The minimum Gasteiger partial charge on any atom is -0.315 e. The fourth-order valence-corrected chi connectivity index (χ4v) is 4.86. The highest BCUT2D eigenvalue weighted by Gasteiger charge is 2.53. The minimum absolute atomic E-state index is 0. The van der Waals surface area contributed by atoms with Gasteiger partial charge in [-0.15, -0.1) is 12.4 Å². The highest BCUT2D eigenvalue weighted by molar-refractivity contribution is 6.09. The lowest BCUT2D eigenvalue weighted by atomic mass is 9.82. The van der Waals surface area contributed by atoms with Gasteiger partial charge in [-0.2, -0.15) is 0 Å². The first-order valence-electron chi connectivity index (χ1n) is 11.4. The molecule has 0 aromatic heterocycles. The normalized spacial score (nSPS) is 19.2. The Kier molecular flexibility index (Phi) is 7.15. The summed E-state index contributed by atoms with van der Waals surface area (Å²) in [6.45, 7) is 1.15. The van der Waals surface area contributed by atoms with Crippen LogP contribution in [0, 0.1) is 0 Å². The summed E-state index contributed by atoms with van der Waals surface area (Å²) in [5, 5.41) is 6.54. The molecule has 1 unspecified atom stereocenters. The number of nitrogens with one attached hydrogen (secondary N) is 2. The molecule has 6 heteroatoms. The molecule has 3 aromatic rings. The predicted octanol–water partition coefficient (Wildman–Crippen LogP) is 4.74. The number of carbonyl (C=O) groups excluding carboxylic acids is 2. The molecule has 1 fully saturated rings. The van der Waals surface area contributed by atoms with Gasteiger partial charge < -0.3 is 10.6 Å². The van der Waals surface area contributed by atoms with Crippen LogP contribution in [0.25, 0.3) is 5.57 Å². The molecule has 3 aromatic carbocycles. The van der Waals surface area contributed by atoms with Gasteiger partial charge in [0.25, 0.3) is 5.91 Å². The molecular weight excluding hydrogens is 446 g/mol. The average Bonchev–Trinajstić information content (AvgIpc) is 3.14. The topological polar surface area (TPSA) is 61.4 Å². The van der Waals surface area contributed by atoms with Gasteiger partial charge in [0.2, 0.25) is 0 Å². The second kappa shape index (κ2) is 10.2. The van der Waals surface area contributed by atoms with Gasteiger partial charge in [0.1, 0.15) is 0 Å². The Morgan fingerprint density at radius 2 is 1.38 bits per heavy atom. The molecule has 2 N–H and O–H groups in total. The summed E-state index contributed by atoms with van der Waals surface area (Å²) >= 11 is 0. The van der Waals surface area contributed by atoms with Gasteiger partial charge in [-0.05, 0) is 35.1 Å². The number of nitrogens with zero attached hydrogens (tertiary/aromatic N) is 1. The van der Waals surface area contributed by atoms with Crippen LogP contribution in [0.1, 0.15) is 29.5 Å². The fraction of sp³-hybridized carbons (Fsp3) is 0.214. The monoisotopic (exact) mass is 473 g/mol. The third-order valence-electron chi connectivity index (χ3n) is 6.59. The zero-order chi connectivity index (χ0) is 22.7. The van der Waals surface area contributed by atoms with Crippen LogP contribution in [-0.4, -0.2) is 36.0 Å². The Bertz CT molecular complexity index is 1130. The van der Waals surface area contributed by atoms with Crippen molar-refractivity contribution in [3.8, 4) is 0 Å². The van der Waals surface area contributed by atoms with Crippen molar-refractivity contribution in [1.82, 2.24) is 15.5 Å². The molecule has 2 aliphatic heterocycles. The van der Waals surface area contributed by atoms with Gasteiger partial charge in [-0.3, -0.25) is 9.69 Å². The van der Waals surface area contributed by atoms with Gasteiger partial charge >= 0.3 is 6.03 Å². The standard InChI is InChI=1S/C28H27N3O2.ClH/c32-26-28(23-12-6-2-7-13-23,24-14-8-3-9-15-24)30-27(33)31(26)19-17-25-20-22(16-18-29-25)21-10-4-1-5-11-21;/h1-16,25,29H,17-20H2,(H,30,33);1H. The molecule has 2 aliphatic rings. The fourth-order valence-electron chi connectivity index (χ4n) is 4.86. The molecule has 34 heavy (non-hydrogen) atoms. The molecule has 2 heterocycles. The first-order valence-corrected chi connectivity index (χ1v) is 11.4. The molecule has 0 saturated carbocycles. The van der Waals surface area contributed by atoms with Crippen molar-refractivity contribution in [1.29, 1.82) is 0 Å². The number of urea groups is 1. The summed E-state index contributed by atoms with van der Waals surface area (Å²) in [5.74, 6) is -0.223. The van der Waals surface area contributed by atoms with Gasteiger partial charge in [-0.1, -0.05) is 97.1 Å². The van der Waals surface area contributed by atoms with Crippen LogP contribution in [-0.2, 0) is 10.3 Å². The molecule has 5 nitrogen and oxygen atoms in total. The maximum Gasteiger partial charge on any atom is 0.325 e. The van der Waals surface area contributed by atoms with E-state index in [0.717, 1.165) is 24.1 Å². The number of imide groups is 1. The maximum absolute atomic E-state index is 13.8. The van der Waals surface area contributed by atoms with Crippen molar-refractivity contribution in [3.63, 3.8) is 0 Å². The third kappa shape index (κ3) is 4.37. The van der Waals surface area contributed by atoms with E-state index >= 15 is 0 Å². The van der Waals surface area contributed by atoms with Crippen LogP contribution in [0.15, 0.2) is 97.1 Å². The van der Waals surface area contributed by atoms with E-state index in [1.165, 1.54) is 16.0 Å². The molecular formula is C28H28ClN3O2. The molecule has 1 saturated heterocycles. The third-order valence-corrected chi connectivity index (χ3v) is 6.59. The summed E-state index contributed by atoms with van der Waals surface area (Å²) in [5.41, 5.74) is 2.87. The Balaban J connectivity index is 0.00000274. The van der Waals surface area contributed by atoms with Crippen LogP contribution in [0.4, 0.5) is 4.79 Å². The van der Waals surface area contributed by atoms with E-state index in [2.05, 4.69) is 28.8 Å². The maximum atomic E-state index is 13.8. The lowest BCUT2D eigenvalue weighted by Gasteiger charge is -2.29. The number of amides is 3. The highest BCUT2D eigenvalue weighted by Crippen LogP contribution is 2.36. The number of carbonyl (C=O) groups is 2. The van der Waals surface area contributed by atoms with E-state index in [4.69, 9.17) is 0 Å². The second-order valence-corrected chi connectivity index (χ2v) is 8.56. The van der Waals surface area contributed by atoms with Crippen molar-refractivity contribution < 1.29 is 9.59 Å². The van der Waals surface area contributed by atoms with E-state index in [-0.39, 0.29) is 30.4 Å². The number of hydrogen-bond donors (Lipinski definition) is 2. The molecule has 0 aliphatic carbocycles. The van der Waals surface area contributed by atoms with Crippen molar-refractivity contribution >= 4 is 29.9 Å². The average molecular weight is 474 g/mol. The number of benzene rings is 3. The van der Waals surface area contributed by atoms with Crippen LogP contribution in [0.5, 0.6) is 0 Å². The summed E-state index contributed by atoms with van der Waals surface area (Å²) < 4.78 is 0. The van der Waals surface area contributed by atoms with Gasteiger partial charge in [0.05, 0.1) is 0 Å². The van der Waals surface area contributed by atoms with Crippen LogP contribution in [0.3, 0.4) is 0 Å². The summed E-state index contributed by atoms with van der Waals surface area (Å²) in [7, 11) is 0. The van der Waals surface area contributed by atoms with E-state index in [0.29, 0.717) is 13.0 Å². The highest BCUT2D eigenvalue weighted by atomic mass is 35.5.